The molecule has 2 aliphatic heterocycles. The number of likely N-dealkylation sites (N-methyl/N-ethyl adjacent to an activating group) is 1. The molecule has 2 fully saturated rings. The molecule has 2 saturated heterocycles. The van der Waals surface area contributed by atoms with Crippen LogP contribution in [0.3, 0.4) is 0 Å². The highest BCUT2D eigenvalue weighted by Crippen LogP contribution is 2.37. The lowest BCUT2D eigenvalue weighted by Gasteiger charge is -2.37. The zero-order chi connectivity index (χ0) is 25.1. The number of hydrogen-bond donors (Lipinski definition) is 1. The van der Waals surface area contributed by atoms with E-state index in [1.807, 2.05) is 0 Å². The zero-order valence-electron chi connectivity index (χ0n) is 21.3. The first-order valence-corrected chi connectivity index (χ1v) is 12.9. The van der Waals surface area contributed by atoms with Crippen molar-refractivity contribution in [3.05, 3.63) is 58.7 Å². The summed E-state index contributed by atoms with van der Waals surface area (Å²) in [6.45, 7) is 6.44. The maximum atomic E-state index is 13.1. The van der Waals surface area contributed by atoms with E-state index in [-0.39, 0.29) is 17.9 Å². The highest BCUT2D eigenvalue weighted by Gasteiger charge is 2.28. The molecule has 3 aliphatic rings. The van der Waals surface area contributed by atoms with Gasteiger partial charge in [0.1, 0.15) is 5.75 Å². The summed E-state index contributed by atoms with van der Waals surface area (Å²) >= 11 is 0. The first-order valence-electron chi connectivity index (χ1n) is 12.9. The van der Waals surface area contributed by atoms with Crippen LogP contribution in [0.15, 0.2) is 36.4 Å². The Morgan fingerprint density at radius 3 is 2.31 bits per heavy atom. The number of carbonyl (C=O) groups excluding carboxylic acids is 2. The lowest BCUT2D eigenvalue weighted by atomic mass is 9.85. The third-order valence-corrected chi connectivity index (χ3v) is 7.65. The van der Waals surface area contributed by atoms with Gasteiger partial charge in [-0.2, -0.15) is 0 Å². The third-order valence-electron chi connectivity index (χ3n) is 7.65. The molecular weight excluding hydrogens is 456 g/mol. The molecule has 0 aromatic heterocycles. The molecule has 0 radical (unpaired) electrons. The van der Waals surface area contributed by atoms with Gasteiger partial charge in [0.15, 0.2) is 0 Å². The van der Waals surface area contributed by atoms with Crippen molar-refractivity contribution in [3.8, 4) is 5.75 Å². The van der Waals surface area contributed by atoms with Crippen LogP contribution in [-0.2, 0) is 17.6 Å². The van der Waals surface area contributed by atoms with Crippen LogP contribution in [0.5, 0.6) is 5.75 Å². The molecule has 2 amide bonds. The van der Waals surface area contributed by atoms with Gasteiger partial charge in [-0.05, 0) is 73.8 Å². The number of methoxy groups -OCH3 is 1. The van der Waals surface area contributed by atoms with Crippen molar-refractivity contribution >= 4 is 17.5 Å². The van der Waals surface area contributed by atoms with E-state index >= 15 is 0 Å². The van der Waals surface area contributed by atoms with Crippen molar-refractivity contribution in [1.29, 1.82) is 0 Å². The Hall–Kier alpha value is -3.10. The quantitative estimate of drug-likeness (QED) is 0.690. The standard InChI is InChI=1S/C28H36N4O4/c1-30-11-13-31(14-12-30)25-9-10-26(35-2)23-8-7-22(19-24(23)25)29-27(33)20-3-5-21(6-4-20)28(34)32-15-17-36-18-16-32/h3-6,9-10,22H,7-8,11-19H2,1-2H3,(H,29,33). The van der Waals surface area contributed by atoms with Crippen LogP contribution in [0.2, 0.25) is 0 Å². The van der Waals surface area contributed by atoms with Crippen molar-refractivity contribution < 1.29 is 19.1 Å². The predicted octanol–water partition coefficient (Wildman–Crippen LogP) is 2.21. The van der Waals surface area contributed by atoms with E-state index in [4.69, 9.17) is 9.47 Å². The molecule has 2 aromatic rings. The minimum Gasteiger partial charge on any atom is -0.496 e. The van der Waals surface area contributed by atoms with Crippen molar-refractivity contribution in [1.82, 2.24) is 15.1 Å². The number of amides is 2. The topological polar surface area (TPSA) is 74.4 Å². The fourth-order valence-electron chi connectivity index (χ4n) is 5.47. The van der Waals surface area contributed by atoms with Gasteiger partial charge in [-0.3, -0.25) is 9.59 Å². The number of nitrogens with one attached hydrogen (secondary N) is 1. The fraction of sp³-hybridized carbons (Fsp3) is 0.500. The van der Waals surface area contributed by atoms with Crippen molar-refractivity contribution in [3.63, 3.8) is 0 Å². The highest BCUT2D eigenvalue weighted by atomic mass is 16.5. The molecule has 1 N–H and O–H groups in total. The number of piperazine rings is 1. The average Bonchev–Trinajstić information content (AvgIpc) is 2.93. The second-order valence-corrected chi connectivity index (χ2v) is 9.93. The van der Waals surface area contributed by atoms with Crippen LogP contribution in [0, 0.1) is 0 Å². The van der Waals surface area contributed by atoms with E-state index in [1.165, 1.54) is 16.8 Å². The summed E-state index contributed by atoms with van der Waals surface area (Å²) in [6, 6.07) is 11.3. The highest BCUT2D eigenvalue weighted by molar-refractivity contribution is 5.98. The van der Waals surface area contributed by atoms with Gasteiger partial charge in [-0.1, -0.05) is 0 Å². The summed E-state index contributed by atoms with van der Waals surface area (Å²) in [5.41, 5.74) is 5.00. The second kappa shape index (κ2) is 10.9. The van der Waals surface area contributed by atoms with Crippen LogP contribution in [0.1, 0.15) is 38.3 Å². The van der Waals surface area contributed by atoms with Crippen molar-refractivity contribution in [2.45, 2.75) is 25.3 Å². The van der Waals surface area contributed by atoms with Gasteiger partial charge in [0, 0.05) is 62.1 Å². The lowest BCUT2D eigenvalue weighted by molar-refractivity contribution is 0.0303. The molecule has 5 rings (SSSR count). The average molecular weight is 493 g/mol. The molecule has 36 heavy (non-hydrogen) atoms. The summed E-state index contributed by atoms with van der Waals surface area (Å²) in [7, 11) is 3.89. The number of rotatable bonds is 5. The van der Waals surface area contributed by atoms with Gasteiger partial charge in [0.05, 0.1) is 20.3 Å². The van der Waals surface area contributed by atoms with Gasteiger partial charge < -0.3 is 29.5 Å². The van der Waals surface area contributed by atoms with E-state index in [0.29, 0.717) is 37.4 Å². The van der Waals surface area contributed by atoms with Gasteiger partial charge in [-0.25, -0.2) is 0 Å². The zero-order valence-corrected chi connectivity index (χ0v) is 21.3. The number of morpholine rings is 1. The molecular formula is C28H36N4O4. The third kappa shape index (κ3) is 5.20. The summed E-state index contributed by atoms with van der Waals surface area (Å²) in [5.74, 6) is 0.825. The van der Waals surface area contributed by atoms with Crippen LogP contribution >= 0.6 is 0 Å². The van der Waals surface area contributed by atoms with Crippen LogP contribution in [-0.4, -0.2) is 94.3 Å². The monoisotopic (exact) mass is 492 g/mol. The molecule has 2 heterocycles. The van der Waals surface area contributed by atoms with Crippen LogP contribution in [0.4, 0.5) is 5.69 Å². The van der Waals surface area contributed by atoms with E-state index in [1.54, 1.807) is 36.3 Å². The Bertz CT molecular complexity index is 1090. The molecule has 0 spiro atoms. The Balaban J connectivity index is 1.27. The molecule has 8 heteroatoms. The number of carbonyl (C=O) groups is 2. The van der Waals surface area contributed by atoms with E-state index in [9.17, 15) is 9.59 Å². The minimum atomic E-state index is -0.0992. The molecule has 0 bridgehead atoms. The van der Waals surface area contributed by atoms with Crippen molar-refractivity contribution in [2.75, 3.05) is 71.5 Å². The number of benzene rings is 2. The first-order chi connectivity index (χ1) is 17.5. The summed E-state index contributed by atoms with van der Waals surface area (Å²) in [5, 5.41) is 3.24. The number of anilines is 1. The number of hydrogen-bond acceptors (Lipinski definition) is 6. The predicted molar refractivity (Wildman–Crippen MR) is 139 cm³/mol. The Morgan fingerprint density at radius 2 is 1.61 bits per heavy atom. The molecule has 1 unspecified atom stereocenters. The van der Waals surface area contributed by atoms with Crippen LogP contribution in [0.25, 0.3) is 0 Å². The Kier molecular flexibility index (Phi) is 7.43. The minimum absolute atomic E-state index is 0.0143. The largest absolute Gasteiger partial charge is 0.496 e. The summed E-state index contributed by atoms with van der Waals surface area (Å²) in [4.78, 5) is 32.4. The number of nitrogens with zero attached hydrogens (tertiary/aromatic N) is 3. The fourth-order valence-corrected chi connectivity index (χ4v) is 5.47. The molecule has 192 valence electrons. The van der Waals surface area contributed by atoms with E-state index in [0.717, 1.165) is 51.2 Å². The van der Waals surface area contributed by atoms with E-state index in [2.05, 4.69) is 34.3 Å². The second-order valence-electron chi connectivity index (χ2n) is 9.93. The maximum Gasteiger partial charge on any atom is 0.254 e. The van der Waals surface area contributed by atoms with Gasteiger partial charge in [0.25, 0.3) is 11.8 Å². The normalized spacial score (nSPS) is 20.6. The van der Waals surface area contributed by atoms with Crippen molar-refractivity contribution in [2.24, 2.45) is 0 Å². The Labute approximate surface area is 213 Å². The number of fused-ring (bicyclic) bond motifs is 1. The Morgan fingerprint density at radius 1 is 0.917 bits per heavy atom. The summed E-state index contributed by atoms with van der Waals surface area (Å²) < 4.78 is 11.0. The molecule has 8 nitrogen and oxygen atoms in total. The maximum absolute atomic E-state index is 13.1. The first kappa shape index (κ1) is 24.6. The van der Waals surface area contributed by atoms with Gasteiger partial charge in [0.2, 0.25) is 0 Å². The molecule has 1 aliphatic carbocycles. The molecule has 0 saturated carbocycles. The SMILES string of the molecule is COc1ccc(N2CCN(C)CC2)c2c1CCC(NC(=O)c1ccc(C(=O)N3CCOCC3)cc1)C2. The van der Waals surface area contributed by atoms with E-state index < -0.39 is 0 Å². The van der Waals surface area contributed by atoms with Gasteiger partial charge in [-0.15, -0.1) is 0 Å². The smallest absolute Gasteiger partial charge is 0.254 e. The molecule has 1 atom stereocenters. The lowest BCUT2D eigenvalue weighted by Crippen LogP contribution is -2.45. The van der Waals surface area contributed by atoms with Gasteiger partial charge >= 0.3 is 0 Å². The summed E-state index contributed by atoms with van der Waals surface area (Å²) in [6.07, 6.45) is 2.53. The molecule has 2 aromatic carbocycles. The number of ether oxygens (including phenoxy) is 2. The van der Waals surface area contributed by atoms with Crippen LogP contribution < -0.4 is 15.0 Å².